The first-order valence-corrected chi connectivity index (χ1v) is 4.76. The molecule has 0 spiro atoms. The van der Waals surface area contributed by atoms with Crippen LogP contribution in [0.5, 0.6) is 5.75 Å². The fourth-order valence-corrected chi connectivity index (χ4v) is 1.23. The van der Waals surface area contributed by atoms with Gasteiger partial charge >= 0.3 is 11.9 Å². The topological polar surface area (TPSA) is 108 Å². The summed E-state index contributed by atoms with van der Waals surface area (Å²) in [5.74, 6) is -2.52. The van der Waals surface area contributed by atoms with Crippen LogP contribution in [0.25, 0.3) is 6.08 Å². The molecule has 1 rings (SSSR count). The number of carbonyl (C=O) groups excluding carboxylic acids is 1. The molecule has 0 heterocycles. The maximum Gasteiger partial charge on any atom is 0.348 e. The number of carboxylic acid groups (broad SMARTS) is 1. The number of hydrogen-bond acceptors (Lipinski definition) is 5. The highest BCUT2D eigenvalue weighted by Crippen LogP contribution is 2.20. The number of aromatic carboxylic acids is 1. The first-order chi connectivity index (χ1) is 8.49. The summed E-state index contributed by atoms with van der Waals surface area (Å²) < 4.78 is 4.38. The van der Waals surface area contributed by atoms with Gasteiger partial charge in [0.05, 0.1) is 7.11 Å². The van der Waals surface area contributed by atoms with E-state index >= 15 is 0 Å². The highest BCUT2D eigenvalue weighted by Gasteiger charge is 2.12. The van der Waals surface area contributed by atoms with E-state index < -0.39 is 17.7 Å². The molecule has 92 valence electrons. The summed E-state index contributed by atoms with van der Waals surface area (Å²) >= 11 is 0. The molecule has 0 atom stereocenters. The number of nitrogens with zero attached hydrogens (tertiary/aromatic N) is 1. The molecule has 0 radical (unpaired) electrons. The molecule has 0 aliphatic carbocycles. The fourth-order valence-electron chi connectivity index (χ4n) is 1.23. The van der Waals surface area contributed by atoms with Crippen LogP contribution in [-0.4, -0.2) is 29.3 Å². The maximum absolute atomic E-state index is 11.2. The van der Waals surface area contributed by atoms with Crippen molar-refractivity contribution in [2.24, 2.45) is 0 Å². The molecule has 0 saturated carbocycles. The third-order valence-electron chi connectivity index (χ3n) is 2.09. The van der Waals surface area contributed by atoms with Crippen LogP contribution in [0, 0.1) is 11.3 Å². The zero-order valence-electron chi connectivity index (χ0n) is 9.38. The molecular formula is C12H9NO5. The maximum atomic E-state index is 11.2. The van der Waals surface area contributed by atoms with E-state index in [1.54, 1.807) is 6.07 Å². The molecule has 0 fully saturated rings. The van der Waals surface area contributed by atoms with Crippen LogP contribution in [0.3, 0.4) is 0 Å². The number of ether oxygens (including phenoxy) is 1. The van der Waals surface area contributed by atoms with E-state index in [4.69, 9.17) is 10.4 Å². The van der Waals surface area contributed by atoms with Gasteiger partial charge in [0.2, 0.25) is 0 Å². The lowest BCUT2D eigenvalue weighted by Crippen LogP contribution is -2.03. The van der Waals surface area contributed by atoms with E-state index in [-0.39, 0.29) is 11.1 Å². The molecule has 0 amide bonds. The predicted molar refractivity (Wildman–Crippen MR) is 60.7 cm³/mol. The first-order valence-electron chi connectivity index (χ1n) is 4.76. The summed E-state index contributed by atoms with van der Waals surface area (Å²) in [4.78, 5) is 21.9. The van der Waals surface area contributed by atoms with Crippen LogP contribution in [0.15, 0.2) is 23.8 Å². The standard InChI is InChI=1S/C12H9NO5/c1-18-12(17)8(6-13)4-7-2-3-10(14)9(5-7)11(15)16/h2-5,14H,1H3,(H,15,16)/b8-4+. The Morgan fingerprint density at radius 2 is 2.11 bits per heavy atom. The van der Waals surface area contributed by atoms with Crippen molar-refractivity contribution in [1.29, 1.82) is 5.26 Å². The number of carboxylic acids is 1. The van der Waals surface area contributed by atoms with Gasteiger partial charge in [-0.1, -0.05) is 6.07 Å². The van der Waals surface area contributed by atoms with Crippen molar-refractivity contribution in [3.05, 3.63) is 34.9 Å². The number of rotatable bonds is 3. The minimum atomic E-state index is -1.31. The summed E-state index contributed by atoms with van der Waals surface area (Å²) in [7, 11) is 1.13. The van der Waals surface area contributed by atoms with Crippen molar-refractivity contribution in [1.82, 2.24) is 0 Å². The van der Waals surface area contributed by atoms with Gasteiger partial charge in [0, 0.05) is 0 Å². The quantitative estimate of drug-likeness (QED) is 0.471. The monoisotopic (exact) mass is 247 g/mol. The van der Waals surface area contributed by atoms with E-state index in [1.165, 1.54) is 18.2 Å². The van der Waals surface area contributed by atoms with Gasteiger partial charge in [-0.15, -0.1) is 0 Å². The number of carbonyl (C=O) groups is 2. The third-order valence-corrected chi connectivity index (χ3v) is 2.09. The number of phenols is 1. The molecule has 0 bridgehead atoms. The second kappa shape index (κ2) is 5.50. The van der Waals surface area contributed by atoms with Gasteiger partial charge in [-0.25, -0.2) is 9.59 Å². The van der Waals surface area contributed by atoms with Gasteiger partial charge in [-0.05, 0) is 23.8 Å². The van der Waals surface area contributed by atoms with Crippen LogP contribution in [0.2, 0.25) is 0 Å². The Kier molecular flexibility index (Phi) is 4.05. The van der Waals surface area contributed by atoms with E-state index in [0.29, 0.717) is 5.56 Å². The van der Waals surface area contributed by atoms with Crippen molar-refractivity contribution in [3.63, 3.8) is 0 Å². The summed E-state index contributed by atoms with van der Waals surface area (Å²) in [6.07, 6.45) is 1.18. The Bertz CT molecular complexity index is 568. The number of nitriles is 1. The van der Waals surface area contributed by atoms with Gasteiger partial charge in [-0.2, -0.15) is 5.26 Å². The predicted octanol–water partition coefficient (Wildman–Crippen LogP) is 1.17. The second-order valence-electron chi connectivity index (χ2n) is 3.24. The number of aromatic hydroxyl groups is 1. The minimum Gasteiger partial charge on any atom is -0.507 e. The number of methoxy groups -OCH3 is 1. The molecule has 2 N–H and O–H groups in total. The van der Waals surface area contributed by atoms with Crippen LogP contribution in [0.4, 0.5) is 0 Å². The molecular weight excluding hydrogens is 238 g/mol. The van der Waals surface area contributed by atoms with Gasteiger partial charge in [-0.3, -0.25) is 0 Å². The lowest BCUT2D eigenvalue weighted by molar-refractivity contribution is -0.135. The highest BCUT2D eigenvalue weighted by atomic mass is 16.5. The Labute approximate surface area is 102 Å². The van der Waals surface area contributed by atoms with E-state index in [1.807, 2.05) is 0 Å². The molecule has 0 aliphatic rings. The SMILES string of the molecule is COC(=O)/C(C#N)=C/c1ccc(O)c(C(=O)O)c1. The molecule has 6 heteroatoms. The van der Waals surface area contributed by atoms with Gasteiger partial charge in [0.1, 0.15) is 23.0 Å². The van der Waals surface area contributed by atoms with E-state index in [9.17, 15) is 14.7 Å². The van der Waals surface area contributed by atoms with Gasteiger partial charge in [0.15, 0.2) is 0 Å². The zero-order valence-corrected chi connectivity index (χ0v) is 9.38. The van der Waals surface area contributed by atoms with E-state index in [2.05, 4.69) is 4.74 Å². The van der Waals surface area contributed by atoms with Crippen LogP contribution < -0.4 is 0 Å². The molecule has 0 saturated heterocycles. The average molecular weight is 247 g/mol. The van der Waals surface area contributed by atoms with Gasteiger partial charge < -0.3 is 14.9 Å². The van der Waals surface area contributed by atoms with Crippen molar-refractivity contribution >= 4 is 18.0 Å². The first kappa shape index (κ1) is 13.3. The van der Waals surface area contributed by atoms with Crippen LogP contribution in [0.1, 0.15) is 15.9 Å². The highest BCUT2D eigenvalue weighted by molar-refractivity contribution is 5.98. The molecule has 18 heavy (non-hydrogen) atoms. The molecule has 0 aliphatic heterocycles. The largest absolute Gasteiger partial charge is 0.507 e. The lowest BCUT2D eigenvalue weighted by Gasteiger charge is -2.01. The summed E-state index contributed by atoms with van der Waals surface area (Å²) in [6.45, 7) is 0. The summed E-state index contributed by atoms with van der Waals surface area (Å²) in [5.41, 5.74) is -0.280. The molecule has 1 aromatic rings. The minimum absolute atomic E-state index is 0.264. The van der Waals surface area contributed by atoms with E-state index in [0.717, 1.165) is 13.2 Å². The molecule has 0 aromatic heterocycles. The number of hydrogen-bond donors (Lipinski definition) is 2. The molecule has 6 nitrogen and oxygen atoms in total. The smallest absolute Gasteiger partial charge is 0.348 e. The van der Waals surface area contributed by atoms with Gasteiger partial charge in [0.25, 0.3) is 0 Å². The van der Waals surface area contributed by atoms with Crippen molar-refractivity contribution in [3.8, 4) is 11.8 Å². The number of benzene rings is 1. The summed E-state index contributed by atoms with van der Waals surface area (Å²) in [5, 5.41) is 26.8. The number of esters is 1. The van der Waals surface area contributed by atoms with Crippen LogP contribution >= 0.6 is 0 Å². The van der Waals surface area contributed by atoms with Crippen LogP contribution in [-0.2, 0) is 9.53 Å². The lowest BCUT2D eigenvalue weighted by atomic mass is 10.1. The summed E-state index contributed by atoms with van der Waals surface area (Å²) in [6, 6.07) is 5.34. The van der Waals surface area contributed by atoms with Crippen molar-refractivity contribution in [2.45, 2.75) is 0 Å². The molecule has 1 aromatic carbocycles. The normalized spacial score (nSPS) is 10.6. The second-order valence-corrected chi connectivity index (χ2v) is 3.24. The van der Waals surface area contributed by atoms with Crippen molar-refractivity contribution < 1.29 is 24.5 Å². The third kappa shape index (κ3) is 2.86. The Balaban J connectivity index is 3.23. The average Bonchev–Trinajstić information content (AvgIpc) is 2.36. The Morgan fingerprint density at radius 3 is 2.61 bits per heavy atom. The molecule has 0 unspecified atom stereocenters. The fraction of sp³-hybridized carbons (Fsp3) is 0.0833. The zero-order chi connectivity index (χ0) is 13.7. The Morgan fingerprint density at radius 1 is 1.44 bits per heavy atom. The van der Waals surface area contributed by atoms with Crippen molar-refractivity contribution in [2.75, 3.05) is 7.11 Å². The Hall–Kier alpha value is -2.81.